The summed E-state index contributed by atoms with van der Waals surface area (Å²) >= 11 is 0. The summed E-state index contributed by atoms with van der Waals surface area (Å²) in [7, 11) is 0. The van der Waals surface area contributed by atoms with Crippen LogP contribution in [-0.2, 0) is 17.8 Å². The molecule has 2 aromatic rings. The second-order valence-electron chi connectivity index (χ2n) is 7.92. The van der Waals surface area contributed by atoms with Crippen LogP contribution in [0.3, 0.4) is 0 Å². The number of aromatic nitrogens is 1. The largest absolute Gasteiger partial charge is 0.503 e. The van der Waals surface area contributed by atoms with E-state index < -0.39 is 53.0 Å². The first-order valence-electron chi connectivity index (χ1n) is 9.82. The van der Waals surface area contributed by atoms with E-state index >= 15 is 0 Å². The third-order valence-corrected chi connectivity index (χ3v) is 5.67. The van der Waals surface area contributed by atoms with E-state index in [-0.39, 0.29) is 29.8 Å². The maximum Gasteiger partial charge on any atom is 0.276 e. The number of aromatic hydroxyl groups is 1. The van der Waals surface area contributed by atoms with Crippen LogP contribution in [0.15, 0.2) is 29.2 Å². The van der Waals surface area contributed by atoms with Gasteiger partial charge >= 0.3 is 0 Å². The van der Waals surface area contributed by atoms with Crippen LogP contribution in [0.1, 0.15) is 40.3 Å². The van der Waals surface area contributed by atoms with E-state index in [2.05, 4.69) is 5.32 Å². The van der Waals surface area contributed by atoms with Crippen molar-refractivity contribution in [1.29, 1.82) is 0 Å². The molecule has 1 fully saturated rings. The number of fused-ring (bicyclic) bond motifs is 2. The summed E-state index contributed by atoms with van der Waals surface area (Å²) in [6.07, 6.45) is 0.573. The Morgan fingerprint density at radius 1 is 1.29 bits per heavy atom. The second-order valence-corrected chi connectivity index (χ2v) is 7.92. The van der Waals surface area contributed by atoms with Crippen molar-refractivity contribution in [2.24, 2.45) is 5.92 Å². The molecule has 0 radical (unpaired) electrons. The number of pyridine rings is 1. The number of carbonyl (C=O) groups is 2. The molecule has 1 aromatic carbocycles. The zero-order valence-corrected chi connectivity index (χ0v) is 16.9. The van der Waals surface area contributed by atoms with Gasteiger partial charge in [0.2, 0.25) is 5.43 Å². The highest BCUT2D eigenvalue weighted by molar-refractivity contribution is 5.99. The van der Waals surface area contributed by atoms with Crippen molar-refractivity contribution in [2.75, 3.05) is 6.61 Å². The van der Waals surface area contributed by atoms with Gasteiger partial charge in [-0.3, -0.25) is 14.4 Å². The van der Waals surface area contributed by atoms with Gasteiger partial charge in [0.05, 0.1) is 19.2 Å². The zero-order chi connectivity index (χ0) is 22.4. The van der Waals surface area contributed by atoms with Crippen molar-refractivity contribution in [3.8, 4) is 5.75 Å². The van der Waals surface area contributed by atoms with Gasteiger partial charge in [-0.1, -0.05) is 19.9 Å². The third kappa shape index (κ3) is 3.46. The third-order valence-electron chi connectivity index (χ3n) is 5.67. The molecule has 1 saturated heterocycles. The molecular weight excluding hydrogens is 412 g/mol. The lowest BCUT2D eigenvalue weighted by atomic mass is 10.0. The fourth-order valence-corrected chi connectivity index (χ4v) is 3.96. The van der Waals surface area contributed by atoms with E-state index in [1.54, 1.807) is 0 Å². The highest BCUT2D eigenvalue weighted by atomic mass is 19.1. The molecular formula is C21H21F2N3O5. The van der Waals surface area contributed by atoms with Crippen LogP contribution in [0.4, 0.5) is 8.78 Å². The number of amides is 2. The summed E-state index contributed by atoms with van der Waals surface area (Å²) in [5, 5.41) is 12.7. The lowest BCUT2D eigenvalue weighted by Crippen LogP contribution is -2.51. The van der Waals surface area contributed by atoms with E-state index in [9.17, 15) is 28.3 Å². The topological polar surface area (TPSA) is 101 Å². The number of nitrogens with zero attached hydrogens (tertiary/aromatic N) is 2. The standard InChI is InChI=1S/C21H21F2N3O5/c1-10(2)15-9-31-16-8-25-7-12(18(27)19(28)17(25)21(30)26(15)16)20(29)24-6-11-13(22)4-3-5-14(11)23/h3-5,7,10,15-16,28H,6,8-9H2,1-2H3,(H,24,29)/t15-,16-/m0/s1. The molecule has 4 rings (SSSR count). The number of ether oxygens (including phenoxy) is 1. The average molecular weight is 433 g/mol. The summed E-state index contributed by atoms with van der Waals surface area (Å²) in [6.45, 7) is 3.84. The molecule has 8 nitrogen and oxygen atoms in total. The predicted octanol–water partition coefficient (Wildman–Crippen LogP) is 1.60. The van der Waals surface area contributed by atoms with Crippen LogP contribution >= 0.6 is 0 Å². The lowest BCUT2D eigenvalue weighted by Gasteiger charge is -2.35. The van der Waals surface area contributed by atoms with Gasteiger partial charge in [-0.05, 0) is 18.1 Å². The average Bonchev–Trinajstić information content (AvgIpc) is 3.14. The van der Waals surface area contributed by atoms with E-state index in [0.717, 1.165) is 18.3 Å². The quantitative estimate of drug-likeness (QED) is 0.763. The van der Waals surface area contributed by atoms with Gasteiger partial charge in [-0.25, -0.2) is 8.78 Å². The smallest absolute Gasteiger partial charge is 0.276 e. The maximum absolute atomic E-state index is 13.8. The minimum Gasteiger partial charge on any atom is -0.503 e. The molecule has 0 spiro atoms. The number of carbonyl (C=O) groups excluding carboxylic acids is 2. The first kappa shape index (κ1) is 21.0. The molecule has 2 aliphatic rings. The van der Waals surface area contributed by atoms with E-state index in [0.29, 0.717) is 6.61 Å². The SMILES string of the molecule is CC(C)[C@@H]1CO[C@H]2Cn3cc(C(=O)NCc4c(F)cccc4F)c(=O)c(O)c3C(=O)N21. The normalized spacial score (nSPS) is 20.0. The number of rotatable bonds is 4. The number of hydrogen-bond donors (Lipinski definition) is 2. The minimum atomic E-state index is -1.04. The van der Waals surface area contributed by atoms with Crippen LogP contribution in [0.2, 0.25) is 0 Å². The Hall–Kier alpha value is -3.27. The maximum atomic E-state index is 13.8. The van der Waals surface area contributed by atoms with Crippen LogP contribution in [0, 0.1) is 17.6 Å². The molecule has 164 valence electrons. The van der Waals surface area contributed by atoms with E-state index in [4.69, 9.17) is 4.74 Å². The molecule has 3 heterocycles. The fourth-order valence-electron chi connectivity index (χ4n) is 3.96. The number of nitrogens with one attached hydrogen (secondary N) is 1. The fraction of sp³-hybridized carbons (Fsp3) is 0.381. The number of halogens is 2. The van der Waals surface area contributed by atoms with E-state index in [1.807, 2.05) is 13.8 Å². The van der Waals surface area contributed by atoms with Gasteiger partial charge in [0, 0.05) is 18.3 Å². The second kappa shape index (κ2) is 7.77. The molecule has 31 heavy (non-hydrogen) atoms. The Morgan fingerprint density at radius 3 is 2.61 bits per heavy atom. The molecule has 2 atom stereocenters. The van der Waals surface area contributed by atoms with Crippen LogP contribution in [0.5, 0.6) is 5.75 Å². The summed E-state index contributed by atoms with van der Waals surface area (Å²) in [6, 6.07) is 3.10. The molecule has 0 aliphatic carbocycles. The van der Waals surface area contributed by atoms with Crippen molar-refractivity contribution in [2.45, 2.75) is 39.2 Å². The molecule has 0 bridgehead atoms. The first-order valence-corrected chi connectivity index (χ1v) is 9.82. The summed E-state index contributed by atoms with van der Waals surface area (Å²) in [4.78, 5) is 39.7. The molecule has 1 aromatic heterocycles. The Labute approximate surface area is 176 Å². The Morgan fingerprint density at radius 2 is 1.97 bits per heavy atom. The van der Waals surface area contributed by atoms with Gasteiger partial charge < -0.3 is 24.6 Å². The molecule has 2 aliphatic heterocycles. The molecule has 2 amide bonds. The highest BCUT2D eigenvalue weighted by Gasteiger charge is 2.45. The van der Waals surface area contributed by atoms with Crippen molar-refractivity contribution in [1.82, 2.24) is 14.8 Å². The van der Waals surface area contributed by atoms with Crippen molar-refractivity contribution >= 4 is 11.8 Å². The van der Waals surface area contributed by atoms with Gasteiger partial charge in [-0.15, -0.1) is 0 Å². The van der Waals surface area contributed by atoms with Gasteiger partial charge in [0.25, 0.3) is 11.8 Å². The summed E-state index contributed by atoms with van der Waals surface area (Å²) in [5.74, 6) is -3.90. The Bertz CT molecular complexity index is 1110. The summed E-state index contributed by atoms with van der Waals surface area (Å²) < 4.78 is 34.6. The lowest BCUT2D eigenvalue weighted by molar-refractivity contribution is 0.00429. The Kier molecular flexibility index (Phi) is 5.26. The zero-order valence-electron chi connectivity index (χ0n) is 16.9. The van der Waals surface area contributed by atoms with Crippen LogP contribution in [0.25, 0.3) is 0 Å². The first-order chi connectivity index (χ1) is 14.7. The van der Waals surface area contributed by atoms with Crippen LogP contribution < -0.4 is 10.7 Å². The van der Waals surface area contributed by atoms with Crippen molar-refractivity contribution in [3.63, 3.8) is 0 Å². The Balaban J connectivity index is 1.64. The summed E-state index contributed by atoms with van der Waals surface area (Å²) in [5.41, 5.74) is -2.06. The predicted molar refractivity (Wildman–Crippen MR) is 104 cm³/mol. The van der Waals surface area contributed by atoms with Crippen molar-refractivity contribution < 1.29 is 28.2 Å². The van der Waals surface area contributed by atoms with E-state index in [1.165, 1.54) is 15.5 Å². The van der Waals surface area contributed by atoms with Crippen molar-refractivity contribution in [3.05, 3.63) is 63.1 Å². The van der Waals surface area contributed by atoms with Gasteiger partial charge in [0.1, 0.15) is 17.2 Å². The van der Waals surface area contributed by atoms with Gasteiger partial charge in [0.15, 0.2) is 17.7 Å². The minimum absolute atomic E-state index is 0.109. The molecule has 0 saturated carbocycles. The molecule has 10 heteroatoms. The molecule has 0 unspecified atom stereocenters. The highest BCUT2D eigenvalue weighted by Crippen LogP contribution is 2.32. The molecule has 2 N–H and O–H groups in total. The monoisotopic (exact) mass is 433 g/mol. The van der Waals surface area contributed by atoms with Gasteiger partial charge in [-0.2, -0.15) is 0 Å². The number of benzene rings is 1. The van der Waals surface area contributed by atoms with Crippen LogP contribution in [-0.4, -0.2) is 45.3 Å². The number of hydrogen-bond acceptors (Lipinski definition) is 5.